The molecular weight excluding hydrogens is 346 g/mol. The molecule has 0 spiro atoms. The van der Waals surface area contributed by atoms with Gasteiger partial charge in [-0.05, 0) is 45.7 Å². The minimum Gasteiger partial charge on any atom is -0.444 e. The van der Waals surface area contributed by atoms with E-state index < -0.39 is 0 Å². The van der Waals surface area contributed by atoms with E-state index >= 15 is 0 Å². The second kappa shape index (κ2) is 5.67. The number of benzene rings is 1. The number of fused-ring (bicyclic) bond motifs is 1. The van der Waals surface area contributed by atoms with E-state index in [2.05, 4.69) is 33.4 Å². The van der Waals surface area contributed by atoms with Gasteiger partial charge in [0, 0.05) is 28.9 Å². The fraction of sp³-hybridized carbons (Fsp3) is 0.143. The van der Waals surface area contributed by atoms with Crippen molar-refractivity contribution >= 4 is 49.8 Å². The van der Waals surface area contributed by atoms with Crippen molar-refractivity contribution in [3.05, 3.63) is 55.8 Å². The van der Waals surface area contributed by atoms with Crippen LogP contribution in [0.3, 0.4) is 0 Å². The Bertz CT molecular complexity index is 706. The Hall–Kier alpha value is -0.810. The number of rotatable bonds is 4. The Morgan fingerprint density at radius 1 is 1.16 bits per heavy atom. The summed E-state index contributed by atoms with van der Waals surface area (Å²) >= 11 is 11.3. The highest BCUT2D eigenvalue weighted by atomic mass is 79.9. The molecule has 0 aliphatic heterocycles. The molecule has 5 heteroatoms. The minimum atomic E-state index is 0.473. The van der Waals surface area contributed by atoms with E-state index in [1.54, 1.807) is 11.3 Å². The number of hydrogen-bond acceptors (Lipinski definition) is 3. The van der Waals surface area contributed by atoms with Crippen LogP contribution in [0.1, 0.15) is 10.4 Å². The second-order valence-corrected chi connectivity index (χ2v) is 7.05. The third-order valence-corrected chi connectivity index (χ3v) is 4.81. The topological polar surface area (TPSA) is 25.2 Å². The summed E-state index contributed by atoms with van der Waals surface area (Å²) < 4.78 is 6.68. The largest absolute Gasteiger partial charge is 0.444 e. The fourth-order valence-corrected chi connectivity index (χ4v) is 3.70. The van der Waals surface area contributed by atoms with Gasteiger partial charge in [0.25, 0.3) is 0 Å². The van der Waals surface area contributed by atoms with Crippen LogP contribution in [0.15, 0.2) is 44.6 Å². The summed E-state index contributed by atoms with van der Waals surface area (Å²) in [7, 11) is 0. The Morgan fingerprint density at radius 2 is 2.00 bits per heavy atom. The standard InChI is InChI=1S/C14H11BrClNOS/c15-13-6-5-9(19-13)7-17-8-11-10-3-1-2-4-12(10)18-14(11)16/h1-6,17H,7-8H2. The SMILES string of the molecule is Clc1oc2ccccc2c1CNCc1ccc(Br)s1. The maximum Gasteiger partial charge on any atom is 0.199 e. The van der Waals surface area contributed by atoms with Gasteiger partial charge in [0.1, 0.15) is 5.58 Å². The van der Waals surface area contributed by atoms with Crippen molar-refractivity contribution in [1.82, 2.24) is 5.32 Å². The molecule has 0 saturated heterocycles. The molecule has 0 aliphatic carbocycles. The molecule has 0 saturated carbocycles. The van der Waals surface area contributed by atoms with Gasteiger partial charge in [-0.15, -0.1) is 11.3 Å². The highest BCUT2D eigenvalue weighted by molar-refractivity contribution is 9.11. The van der Waals surface area contributed by atoms with E-state index in [1.807, 2.05) is 24.3 Å². The molecule has 0 bridgehead atoms. The van der Waals surface area contributed by atoms with Crippen molar-refractivity contribution in [2.75, 3.05) is 0 Å². The Labute approximate surface area is 128 Å². The first-order valence-electron chi connectivity index (χ1n) is 5.85. The van der Waals surface area contributed by atoms with Gasteiger partial charge in [-0.1, -0.05) is 18.2 Å². The lowest BCUT2D eigenvalue weighted by molar-refractivity contribution is 0.604. The minimum absolute atomic E-state index is 0.473. The smallest absolute Gasteiger partial charge is 0.199 e. The summed E-state index contributed by atoms with van der Waals surface area (Å²) in [4.78, 5) is 1.29. The second-order valence-electron chi connectivity index (χ2n) is 4.16. The van der Waals surface area contributed by atoms with Gasteiger partial charge in [0.2, 0.25) is 0 Å². The molecule has 0 aliphatic rings. The molecule has 19 heavy (non-hydrogen) atoms. The summed E-state index contributed by atoms with van der Waals surface area (Å²) in [6, 6.07) is 12.1. The monoisotopic (exact) mass is 355 g/mol. The average Bonchev–Trinajstić information content (AvgIpc) is 2.94. The first kappa shape index (κ1) is 13.2. The van der Waals surface area contributed by atoms with E-state index in [4.69, 9.17) is 16.0 Å². The predicted molar refractivity (Wildman–Crippen MR) is 83.8 cm³/mol. The molecule has 0 radical (unpaired) electrons. The first-order valence-corrected chi connectivity index (χ1v) is 7.83. The predicted octanol–water partition coefficient (Wildman–Crippen LogP) is 5.20. The van der Waals surface area contributed by atoms with E-state index in [1.165, 1.54) is 4.88 Å². The van der Waals surface area contributed by atoms with Gasteiger partial charge in [-0.3, -0.25) is 0 Å². The maximum atomic E-state index is 6.14. The maximum absolute atomic E-state index is 6.14. The van der Waals surface area contributed by atoms with Crippen LogP contribution in [0.25, 0.3) is 11.0 Å². The number of halogens is 2. The number of thiophene rings is 1. The van der Waals surface area contributed by atoms with Crippen LogP contribution in [0.4, 0.5) is 0 Å². The van der Waals surface area contributed by atoms with Gasteiger partial charge in [0.15, 0.2) is 5.22 Å². The van der Waals surface area contributed by atoms with E-state index in [0.29, 0.717) is 11.8 Å². The highest BCUT2D eigenvalue weighted by Crippen LogP contribution is 2.29. The van der Waals surface area contributed by atoms with Crippen molar-refractivity contribution in [2.45, 2.75) is 13.1 Å². The van der Waals surface area contributed by atoms with Crippen LogP contribution in [0.5, 0.6) is 0 Å². The van der Waals surface area contributed by atoms with Crippen LogP contribution < -0.4 is 5.32 Å². The molecule has 0 fully saturated rings. The van der Waals surface area contributed by atoms with Crippen molar-refractivity contribution in [3.63, 3.8) is 0 Å². The van der Waals surface area contributed by atoms with Crippen molar-refractivity contribution in [1.29, 1.82) is 0 Å². The van der Waals surface area contributed by atoms with Gasteiger partial charge < -0.3 is 9.73 Å². The van der Waals surface area contributed by atoms with Gasteiger partial charge in [-0.25, -0.2) is 0 Å². The van der Waals surface area contributed by atoms with Gasteiger partial charge in [-0.2, -0.15) is 0 Å². The summed E-state index contributed by atoms with van der Waals surface area (Å²) in [6.45, 7) is 1.53. The molecule has 0 amide bonds. The van der Waals surface area contributed by atoms with Gasteiger partial charge in [0.05, 0.1) is 3.79 Å². The lowest BCUT2D eigenvalue weighted by atomic mass is 10.2. The van der Waals surface area contributed by atoms with Crippen molar-refractivity contribution in [3.8, 4) is 0 Å². The van der Waals surface area contributed by atoms with Gasteiger partial charge >= 0.3 is 0 Å². The first-order chi connectivity index (χ1) is 9.24. The van der Waals surface area contributed by atoms with E-state index in [0.717, 1.165) is 26.9 Å². The summed E-state index contributed by atoms with van der Waals surface area (Å²) in [6.07, 6.45) is 0. The van der Waals surface area contributed by atoms with E-state index in [9.17, 15) is 0 Å². The molecule has 3 aromatic rings. The molecule has 1 N–H and O–H groups in total. The van der Waals surface area contributed by atoms with E-state index in [-0.39, 0.29) is 0 Å². The number of nitrogens with one attached hydrogen (secondary N) is 1. The number of furan rings is 1. The zero-order valence-corrected chi connectivity index (χ0v) is 13.1. The Morgan fingerprint density at radius 3 is 2.79 bits per heavy atom. The van der Waals surface area contributed by atoms with Crippen molar-refractivity contribution in [2.24, 2.45) is 0 Å². The Kier molecular flexibility index (Phi) is 3.93. The molecule has 98 valence electrons. The number of hydrogen-bond donors (Lipinski definition) is 1. The summed E-state index contributed by atoms with van der Waals surface area (Å²) in [5.74, 6) is 0. The molecule has 1 aromatic carbocycles. The van der Waals surface area contributed by atoms with Crippen LogP contribution >= 0.6 is 38.9 Å². The normalized spacial score (nSPS) is 11.3. The lowest BCUT2D eigenvalue weighted by Crippen LogP contribution is -2.11. The zero-order chi connectivity index (χ0) is 13.2. The fourth-order valence-electron chi connectivity index (χ4n) is 1.99. The molecule has 2 heterocycles. The van der Waals surface area contributed by atoms with Crippen LogP contribution in [0.2, 0.25) is 5.22 Å². The average molecular weight is 357 g/mol. The van der Waals surface area contributed by atoms with Crippen LogP contribution in [-0.2, 0) is 13.1 Å². The quantitative estimate of drug-likeness (QED) is 0.695. The summed E-state index contributed by atoms with van der Waals surface area (Å²) in [5, 5.41) is 4.94. The zero-order valence-electron chi connectivity index (χ0n) is 9.95. The Balaban J connectivity index is 1.73. The third kappa shape index (κ3) is 2.87. The lowest BCUT2D eigenvalue weighted by Gasteiger charge is -2.02. The van der Waals surface area contributed by atoms with Crippen LogP contribution in [0, 0.1) is 0 Å². The molecule has 0 unspecified atom stereocenters. The number of para-hydroxylation sites is 1. The highest BCUT2D eigenvalue weighted by Gasteiger charge is 2.11. The van der Waals surface area contributed by atoms with Crippen molar-refractivity contribution < 1.29 is 4.42 Å². The van der Waals surface area contributed by atoms with Crippen LogP contribution in [-0.4, -0.2) is 0 Å². The third-order valence-electron chi connectivity index (χ3n) is 2.88. The summed E-state index contributed by atoms with van der Waals surface area (Å²) in [5.41, 5.74) is 1.86. The molecule has 0 atom stereocenters. The molecule has 3 rings (SSSR count). The molecule has 2 nitrogen and oxygen atoms in total. The molecule has 2 aromatic heterocycles. The molecular formula is C14H11BrClNOS.